The van der Waals surface area contributed by atoms with Crippen LogP contribution in [0.15, 0.2) is 47.2 Å². The number of ether oxygens (including phenoxy) is 2. The summed E-state index contributed by atoms with van der Waals surface area (Å²) in [7, 11) is 0. The lowest BCUT2D eigenvalue weighted by molar-refractivity contribution is -0.178. The topological polar surface area (TPSA) is 87.6 Å². The average Bonchev–Trinajstić information content (AvgIpc) is 3.44. The highest BCUT2D eigenvalue weighted by molar-refractivity contribution is 9.10. The third-order valence-corrected chi connectivity index (χ3v) is 7.31. The summed E-state index contributed by atoms with van der Waals surface area (Å²) in [5, 5.41) is 5.59. The molecule has 1 aromatic carbocycles. The Labute approximate surface area is 187 Å². The van der Waals surface area contributed by atoms with Crippen LogP contribution >= 0.6 is 15.9 Å². The maximum Gasteiger partial charge on any atom is 0.168 e. The van der Waals surface area contributed by atoms with Gasteiger partial charge in [0.05, 0.1) is 35.1 Å². The number of halogens is 1. The fourth-order valence-corrected chi connectivity index (χ4v) is 5.40. The molecule has 1 aliphatic heterocycles. The summed E-state index contributed by atoms with van der Waals surface area (Å²) in [6, 6.07) is 10.2. The van der Waals surface area contributed by atoms with E-state index in [2.05, 4.69) is 38.1 Å². The molecule has 2 fully saturated rings. The van der Waals surface area contributed by atoms with Crippen molar-refractivity contribution in [2.24, 2.45) is 0 Å². The first-order valence-electron chi connectivity index (χ1n) is 10.6. The third-order valence-electron chi connectivity index (χ3n) is 6.50. The zero-order valence-electron chi connectivity index (χ0n) is 16.9. The molecule has 8 heteroatoms. The second kappa shape index (κ2) is 7.25. The van der Waals surface area contributed by atoms with E-state index in [0.29, 0.717) is 19.0 Å². The smallest absolute Gasteiger partial charge is 0.168 e. The summed E-state index contributed by atoms with van der Waals surface area (Å²) in [5.41, 5.74) is 11.1. The number of fused-ring (bicyclic) bond motifs is 2. The van der Waals surface area contributed by atoms with E-state index in [0.717, 1.165) is 63.5 Å². The summed E-state index contributed by atoms with van der Waals surface area (Å²) in [6.45, 7) is 1.37. The molecular formula is C23H22BrN5O2. The third kappa shape index (κ3) is 3.12. The van der Waals surface area contributed by atoms with Crippen molar-refractivity contribution in [3.8, 4) is 11.1 Å². The molecule has 0 unspecified atom stereocenters. The SMILES string of the molecule is Nc1c(Br)c(C2CCC3(CC2)OCCO3)nc2c(-c3cnc4ccccc4c3)cnn12. The largest absolute Gasteiger partial charge is 0.383 e. The number of aromatic nitrogens is 4. The second-order valence-electron chi connectivity index (χ2n) is 8.29. The van der Waals surface area contributed by atoms with Gasteiger partial charge in [-0.15, -0.1) is 0 Å². The van der Waals surface area contributed by atoms with E-state index < -0.39 is 5.79 Å². The Morgan fingerprint density at radius 1 is 1.10 bits per heavy atom. The van der Waals surface area contributed by atoms with Crippen LogP contribution in [0.1, 0.15) is 37.3 Å². The van der Waals surface area contributed by atoms with Crippen molar-refractivity contribution in [3.63, 3.8) is 0 Å². The number of nitrogens with two attached hydrogens (primary N) is 1. The van der Waals surface area contributed by atoms with Crippen molar-refractivity contribution in [1.29, 1.82) is 0 Å². The van der Waals surface area contributed by atoms with E-state index in [-0.39, 0.29) is 5.92 Å². The molecule has 4 heterocycles. The standard InChI is InChI=1S/C23H22BrN5O2/c24-19-20(14-5-7-23(8-6-14)30-9-10-31-23)28-22-17(13-27-29(22)21(19)25)16-11-15-3-1-2-4-18(15)26-12-16/h1-4,11-14H,5-10,25H2. The highest BCUT2D eigenvalue weighted by atomic mass is 79.9. The van der Waals surface area contributed by atoms with Crippen LogP contribution in [-0.4, -0.2) is 38.6 Å². The van der Waals surface area contributed by atoms with E-state index in [9.17, 15) is 0 Å². The molecule has 0 atom stereocenters. The minimum absolute atomic E-state index is 0.289. The quantitative estimate of drug-likeness (QED) is 0.448. The molecule has 1 saturated heterocycles. The van der Waals surface area contributed by atoms with Crippen LogP contribution in [-0.2, 0) is 9.47 Å². The Morgan fingerprint density at radius 2 is 1.87 bits per heavy atom. The number of pyridine rings is 1. The number of rotatable bonds is 2. The number of nitrogens with zero attached hydrogens (tertiary/aromatic N) is 4. The second-order valence-corrected chi connectivity index (χ2v) is 9.08. The molecule has 1 aliphatic carbocycles. The fraction of sp³-hybridized carbons (Fsp3) is 0.348. The molecule has 2 aliphatic rings. The Kier molecular flexibility index (Phi) is 4.48. The predicted molar refractivity (Wildman–Crippen MR) is 122 cm³/mol. The number of hydrogen-bond acceptors (Lipinski definition) is 6. The molecule has 1 saturated carbocycles. The van der Waals surface area contributed by atoms with Crippen molar-refractivity contribution >= 4 is 38.3 Å². The Hall–Kier alpha value is -2.55. The molecule has 0 amide bonds. The zero-order valence-corrected chi connectivity index (χ0v) is 18.5. The number of para-hydroxylation sites is 1. The highest BCUT2D eigenvalue weighted by Gasteiger charge is 2.41. The Morgan fingerprint density at radius 3 is 2.68 bits per heavy atom. The summed E-state index contributed by atoms with van der Waals surface area (Å²) in [5.74, 6) is 0.461. The van der Waals surface area contributed by atoms with E-state index in [1.807, 2.05) is 30.6 Å². The van der Waals surface area contributed by atoms with Gasteiger partial charge >= 0.3 is 0 Å². The van der Waals surface area contributed by atoms with Gasteiger partial charge in [0.15, 0.2) is 11.4 Å². The van der Waals surface area contributed by atoms with Gasteiger partial charge in [-0.2, -0.15) is 9.61 Å². The first kappa shape index (κ1) is 19.2. The van der Waals surface area contributed by atoms with E-state index in [1.54, 1.807) is 4.52 Å². The number of nitrogen functional groups attached to an aromatic ring is 1. The summed E-state index contributed by atoms with van der Waals surface area (Å²) < 4.78 is 14.3. The number of hydrogen-bond donors (Lipinski definition) is 1. The number of benzene rings is 1. The number of anilines is 1. The van der Waals surface area contributed by atoms with Gasteiger partial charge in [-0.25, -0.2) is 4.98 Å². The van der Waals surface area contributed by atoms with Crippen LogP contribution in [0.4, 0.5) is 5.82 Å². The molecular weight excluding hydrogens is 458 g/mol. The summed E-state index contributed by atoms with van der Waals surface area (Å²) in [6.07, 6.45) is 7.33. The van der Waals surface area contributed by atoms with Crippen LogP contribution in [0.3, 0.4) is 0 Å². The molecule has 1 spiro atoms. The van der Waals surface area contributed by atoms with E-state index in [1.165, 1.54) is 0 Å². The first-order chi connectivity index (χ1) is 15.1. The molecule has 2 N–H and O–H groups in total. The molecule has 7 nitrogen and oxygen atoms in total. The highest BCUT2D eigenvalue weighted by Crippen LogP contribution is 2.44. The van der Waals surface area contributed by atoms with Crippen molar-refractivity contribution < 1.29 is 9.47 Å². The van der Waals surface area contributed by atoms with Gasteiger partial charge in [0, 0.05) is 41.5 Å². The summed E-state index contributed by atoms with van der Waals surface area (Å²) in [4.78, 5) is 9.66. The van der Waals surface area contributed by atoms with Gasteiger partial charge in [-0.05, 0) is 40.9 Å². The average molecular weight is 480 g/mol. The van der Waals surface area contributed by atoms with E-state index in [4.69, 9.17) is 20.2 Å². The normalized spacial score (nSPS) is 19.0. The monoisotopic (exact) mass is 479 g/mol. The van der Waals surface area contributed by atoms with Crippen molar-refractivity contribution in [3.05, 3.63) is 52.9 Å². The fourth-order valence-electron chi connectivity index (χ4n) is 4.82. The van der Waals surface area contributed by atoms with Gasteiger partial charge in [0.1, 0.15) is 5.82 Å². The molecule has 158 valence electrons. The van der Waals surface area contributed by atoms with Crippen molar-refractivity contribution in [2.75, 3.05) is 18.9 Å². The molecule has 6 rings (SSSR count). The maximum absolute atomic E-state index is 6.47. The first-order valence-corrected chi connectivity index (χ1v) is 11.4. The predicted octanol–water partition coefficient (Wildman–Crippen LogP) is 4.69. The van der Waals surface area contributed by atoms with Gasteiger partial charge in [-0.1, -0.05) is 18.2 Å². The minimum Gasteiger partial charge on any atom is -0.383 e. The maximum atomic E-state index is 6.47. The van der Waals surface area contributed by atoms with Gasteiger partial charge in [-0.3, -0.25) is 4.98 Å². The lowest BCUT2D eigenvalue weighted by Crippen LogP contribution is -2.34. The van der Waals surface area contributed by atoms with E-state index >= 15 is 0 Å². The molecule has 0 bridgehead atoms. The van der Waals surface area contributed by atoms with Gasteiger partial charge in [0.2, 0.25) is 0 Å². The Bertz CT molecular complexity index is 1290. The lowest BCUT2D eigenvalue weighted by atomic mass is 9.83. The van der Waals surface area contributed by atoms with Crippen LogP contribution in [0.5, 0.6) is 0 Å². The van der Waals surface area contributed by atoms with Crippen LogP contribution in [0, 0.1) is 0 Å². The van der Waals surface area contributed by atoms with Crippen LogP contribution < -0.4 is 5.73 Å². The van der Waals surface area contributed by atoms with Crippen molar-refractivity contribution in [2.45, 2.75) is 37.4 Å². The van der Waals surface area contributed by atoms with Crippen LogP contribution in [0.2, 0.25) is 0 Å². The van der Waals surface area contributed by atoms with Gasteiger partial charge in [0.25, 0.3) is 0 Å². The Balaban J connectivity index is 1.41. The molecule has 3 aromatic heterocycles. The molecule has 4 aromatic rings. The summed E-state index contributed by atoms with van der Waals surface area (Å²) >= 11 is 3.69. The van der Waals surface area contributed by atoms with Crippen molar-refractivity contribution in [1.82, 2.24) is 19.6 Å². The van der Waals surface area contributed by atoms with Crippen LogP contribution in [0.25, 0.3) is 27.7 Å². The molecule has 31 heavy (non-hydrogen) atoms. The molecule has 0 radical (unpaired) electrons. The van der Waals surface area contributed by atoms with Gasteiger partial charge < -0.3 is 15.2 Å². The lowest BCUT2D eigenvalue weighted by Gasteiger charge is -2.35. The minimum atomic E-state index is -0.392. The zero-order chi connectivity index (χ0) is 21.0.